The number of carboxylic acids is 1. The molecule has 0 heterocycles. The van der Waals surface area contributed by atoms with Crippen LogP contribution in [0.15, 0.2) is 23.1 Å². The molecule has 7 nitrogen and oxygen atoms in total. The minimum absolute atomic E-state index is 0.0680. The van der Waals surface area contributed by atoms with Gasteiger partial charge in [0.05, 0.1) is 24.5 Å². The topological polar surface area (TPSA) is 113 Å². The van der Waals surface area contributed by atoms with E-state index in [-0.39, 0.29) is 23.4 Å². The number of aliphatic carboxylic acids is 1. The number of rotatable bonds is 8. The van der Waals surface area contributed by atoms with Gasteiger partial charge in [-0.3, -0.25) is 4.79 Å². The summed E-state index contributed by atoms with van der Waals surface area (Å²) in [6.07, 6.45) is -0.782. The first-order chi connectivity index (χ1) is 9.76. The number of hydrogen-bond donors (Lipinski definition) is 3. The smallest absolute Gasteiger partial charge is 0.307 e. The molecule has 0 saturated heterocycles. The van der Waals surface area contributed by atoms with Crippen molar-refractivity contribution >= 4 is 16.0 Å². The minimum Gasteiger partial charge on any atom is -0.497 e. The monoisotopic (exact) mass is 317 g/mol. The molecule has 0 radical (unpaired) electrons. The molecule has 1 aromatic carbocycles. The van der Waals surface area contributed by atoms with Gasteiger partial charge in [-0.25, -0.2) is 13.1 Å². The normalized spacial score (nSPS) is 12.9. The van der Waals surface area contributed by atoms with E-state index in [9.17, 15) is 13.2 Å². The Bertz CT molecular complexity index is 597. The molecule has 0 aliphatic rings. The Morgan fingerprint density at radius 3 is 2.62 bits per heavy atom. The molecule has 1 atom stereocenters. The number of aliphatic hydroxyl groups excluding tert-OH is 1. The van der Waals surface area contributed by atoms with Crippen LogP contribution in [0.25, 0.3) is 0 Å². The van der Waals surface area contributed by atoms with Gasteiger partial charge in [-0.15, -0.1) is 0 Å². The maximum absolute atomic E-state index is 12.2. The fraction of sp³-hybridized carbons (Fsp3) is 0.462. The van der Waals surface area contributed by atoms with Crippen LogP contribution in [0.1, 0.15) is 18.9 Å². The van der Waals surface area contributed by atoms with Crippen LogP contribution in [0.5, 0.6) is 5.75 Å². The first-order valence-corrected chi connectivity index (χ1v) is 7.81. The molecule has 0 fully saturated rings. The molecule has 1 aromatic rings. The van der Waals surface area contributed by atoms with Crippen molar-refractivity contribution in [2.24, 2.45) is 0 Å². The summed E-state index contributed by atoms with van der Waals surface area (Å²) in [7, 11) is -2.43. The molecule has 1 rings (SSSR count). The van der Waals surface area contributed by atoms with E-state index in [4.69, 9.17) is 14.9 Å². The van der Waals surface area contributed by atoms with Crippen LogP contribution >= 0.6 is 0 Å². The number of carbonyl (C=O) groups is 1. The van der Waals surface area contributed by atoms with Crippen molar-refractivity contribution < 1.29 is 28.2 Å². The number of methoxy groups -OCH3 is 1. The molecule has 0 aliphatic heterocycles. The van der Waals surface area contributed by atoms with Crippen molar-refractivity contribution in [3.05, 3.63) is 23.8 Å². The van der Waals surface area contributed by atoms with Crippen LogP contribution in [0.3, 0.4) is 0 Å². The lowest BCUT2D eigenvalue weighted by Gasteiger charge is -2.12. The van der Waals surface area contributed by atoms with Gasteiger partial charge in [-0.2, -0.15) is 0 Å². The zero-order valence-corrected chi connectivity index (χ0v) is 12.7. The van der Waals surface area contributed by atoms with Gasteiger partial charge in [-0.05, 0) is 37.1 Å². The predicted octanol–water partition coefficient (Wildman–Crippen LogP) is 0.371. The predicted molar refractivity (Wildman–Crippen MR) is 75.8 cm³/mol. The van der Waals surface area contributed by atoms with Crippen molar-refractivity contribution in [3.8, 4) is 5.75 Å². The molecular formula is C13H19NO6S. The summed E-state index contributed by atoms with van der Waals surface area (Å²) in [5, 5.41) is 18.0. The average Bonchev–Trinajstić information content (AvgIpc) is 2.36. The van der Waals surface area contributed by atoms with Gasteiger partial charge >= 0.3 is 5.97 Å². The third kappa shape index (κ3) is 5.33. The third-order valence-corrected chi connectivity index (χ3v) is 4.31. The van der Waals surface area contributed by atoms with Crippen LogP contribution in [0.2, 0.25) is 0 Å². The highest BCUT2D eigenvalue weighted by Gasteiger charge is 2.20. The van der Waals surface area contributed by atoms with E-state index in [1.54, 1.807) is 6.92 Å². The maximum atomic E-state index is 12.2. The third-order valence-electron chi connectivity index (χ3n) is 2.75. The van der Waals surface area contributed by atoms with Crippen LogP contribution < -0.4 is 9.46 Å². The lowest BCUT2D eigenvalue weighted by molar-refractivity contribution is -0.136. The summed E-state index contributed by atoms with van der Waals surface area (Å²) in [5.41, 5.74) is 0.145. The van der Waals surface area contributed by atoms with Crippen molar-refractivity contribution in [3.63, 3.8) is 0 Å². The SMILES string of the molecule is COc1ccc(S(=O)(=O)NCCC(C)O)c(CC(=O)O)c1. The first-order valence-electron chi connectivity index (χ1n) is 6.32. The Kier molecular flexibility index (Phi) is 6.13. The quantitative estimate of drug-likeness (QED) is 0.638. The highest BCUT2D eigenvalue weighted by Crippen LogP contribution is 2.22. The van der Waals surface area contributed by atoms with Gasteiger partial charge in [0.15, 0.2) is 0 Å². The zero-order chi connectivity index (χ0) is 16.0. The molecule has 8 heteroatoms. The van der Waals surface area contributed by atoms with E-state index in [0.717, 1.165) is 0 Å². The molecule has 0 spiro atoms. The lowest BCUT2D eigenvalue weighted by atomic mass is 10.1. The Morgan fingerprint density at radius 2 is 2.10 bits per heavy atom. The Balaban J connectivity index is 3.06. The van der Waals surface area contributed by atoms with Gasteiger partial charge in [0.1, 0.15) is 5.75 Å². The van der Waals surface area contributed by atoms with Gasteiger partial charge in [0.2, 0.25) is 10.0 Å². The van der Waals surface area contributed by atoms with Crippen LogP contribution in [-0.4, -0.2) is 44.4 Å². The van der Waals surface area contributed by atoms with Gasteiger partial charge in [0.25, 0.3) is 0 Å². The zero-order valence-electron chi connectivity index (χ0n) is 11.9. The molecule has 0 aliphatic carbocycles. The van der Waals surface area contributed by atoms with Crippen molar-refractivity contribution in [1.82, 2.24) is 4.72 Å². The molecule has 0 bridgehead atoms. The fourth-order valence-electron chi connectivity index (χ4n) is 1.73. The molecular weight excluding hydrogens is 298 g/mol. The highest BCUT2D eigenvalue weighted by molar-refractivity contribution is 7.89. The number of sulfonamides is 1. The Labute approximate surface area is 123 Å². The maximum Gasteiger partial charge on any atom is 0.307 e. The molecule has 0 saturated carbocycles. The van der Waals surface area contributed by atoms with Crippen molar-refractivity contribution in [2.75, 3.05) is 13.7 Å². The van der Waals surface area contributed by atoms with Gasteiger partial charge < -0.3 is 14.9 Å². The standard InChI is InChI=1S/C13H19NO6S/c1-9(15)5-6-14-21(18,19)12-4-3-11(20-2)7-10(12)8-13(16)17/h3-4,7,9,14-15H,5-6,8H2,1-2H3,(H,16,17). The fourth-order valence-corrected chi connectivity index (χ4v) is 2.99. The van der Waals surface area contributed by atoms with E-state index < -0.39 is 28.5 Å². The lowest BCUT2D eigenvalue weighted by Crippen LogP contribution is -2.28. The van der Waals surface area contributed by atoms with E-state index in [2.05, 4.69) is 4.72 Å². The molecule has 1 unspecified atom stereocenters. The summed E-state index contributed by atoms with van der Waals surface area (Å²) in [6, 6.07) is 4.15. The van der Waals surface area contributed by atoms with Gasteiger partial charge in [0, 0.05) is 6.54 Å². The number of benzene rings is 1. The van der Waals surface area contributed by atoms with E-state index in [1.807, 2.05) is 0 Å². The van der Waals surface area contributed by atoms with Crippen LogP contribution in [-0.2, 0) is 21.2 Å². The Hall–Kier alpha value is -1.64. The van der Waals surface area contributed by atoms with E-state index >= 15 is 0 Å². The van der Waals surface area contributed by atoms with Crippen molar-refractivity contribution in [2.45, 2.75) is 30.8 Å². The number of carboxylic acid groups (broad SMARTS) is 1. The van der Waals surface area contributed by atoms with Crippen LogP contribution in [0.4, 0.5) is 0 Å². The average molecular weight is 317 g/mol. The molecule has 21 heavy (non-hydrogen) atoms. The van der Waals surface area contributed by atoms with Crippen LogP contribution in [0, 0.1) is 0 Å². The van der Waals surface area contributed by atoms with Gasteiger partial charge in [-0.1, -0.05) is 0 Å². The molecule has 118 valence electrons. The molecule has 0 amide bonds. The van der Waals surface area contributed by atoms with E-state index in [0.29, 0.717) is 5.75 Å². The minimum atomic E-state index is -3.84. The second kappa shape index (κ2) is 7.39. The second-order valence-electron chi connectivity index (χ2n) is 4.58. The summed E-state index contributed by atoms with van der Waals surface area (Å²) >= 11 is 0. The number of hydrogen-bond acceptors (Lipinski definition) is 5. The largest absolute Gasteiger partial charge is 0.497 e. The number of aliphatic hydroxyl groups is 1. The molecule has 3 N–H and O–H groups in total. The number of ether oxygens (including phenoxy) is 1. The second-order valence-corrected chi connectivity index (χ2v) is 6.32. The van der Waals surface area contributed by atoms with Crippen molar-refractivity contribution in [1.29, 1.82) is 0 Å². The summed E-state index contributed by atoms with van der Waals surface area (Å²) in [4.78, 5) is 10.8. The highest BCUT2D eigenvalue weighted by atomic mass is 32.2. The molecule has 0 aromatic heterocycles. The Morgan fingerprint density at radius 1 is 1.43 bits per heavy atom. The summed E-state index contributed by atoms with van der Waals surface area (Å²) in [5.74, 6) is -0.752. The first kappa shape index (κ1) is 17.4. The summed E-state index contributed by atoms with van der Waals surface area (Å²) < 4.78 is 31.7. The van der Waals surface area contributed by atoms with E-state index in [1.165, 1.54) is 25.3 Å². The number of nitrogens with one attached hydrogen (secondary N) is 1. The summed E-state index contributed by atoms with van der Waals surface area (Å²) in [6.45, 7) is 1.62.